The zero-order valence-corrected chi connectivity index (χ0v) is 15.4. The van der Waals surface area contributed by atoms with E-state index in [1.807, 2.05) is 31.2 Å². The number of nitrogens with zero attached hydrogens (tertiary/aromatic N) is 3. The first-order valence-electron chi connectivity index (χ1n) is 9.44. The molecule has 4 rings (SSSR count). The Morgan fingerprint density at radius 3 is 2.59 bits per heavy atom. The van der Waals surface area contributed by atoms with Gasteiger partial charge in [-0.3, -0.25) is 4.79 Å². The SMILES string of the molecule is CCn1c(=O)ccc2cnc(Nc3ccc(N4CCC(O)CC4)cc3)cc21. The molecule has 0 unspecified atom stereocenters. The van der Waals surface area contributed by atoms with Crippen LogP contribution >= 0.6 is 0 Å². The molecule has 6 heteroatoms. The van der Waals surface area contributed by atoms with Gasteiger partial charge in [0.2, 0.25) is 0 Å². The van der Waals surface area contributed by atoms with Crippen molar-refractivity contribution in [1.29, 1.82) is 0 Å². The van der Waals surface area contributed by atoms with E-state index in [1.165, 1.54) is 5.69 Å². The van der Waals surface area contributed by atoms with Gasteiger partial charge >= 0.3 is 0 Å². The molecule has 0 bridgehead atoms. The number of anilines is 3. The smallest absolute Gasteiger partial charge is 0.251 e. The van der Waals surface area contributed by atoms with Crippen LogP contribution in [0.5, 0.6) is 0 Å². The predicted octanol–water partition coefficient (Wildman–Crippen LogP) is 3.12. The van der Waals surface area contributed by atoms with Crippen LogP contribution in [0.3, 0.4) is 0 Å². The van der Waals surface area contributed by atoms with Gasteiger partial charge in [0, 0.05) is 54.7 Å². The third-order valence-corrected chi connectivity index (χ3v) is 5.16. The van der Waals surface area contributed by atoms with Crippen molar-refractivity contribution in [3.05, 3.63) is 59.0 Å². The van der Waals surface area contributed by atoms with Gasteiger partial charge in [-0.15, -0.1) is 0 Å². The number of benzene rings is 1. The van der Waals surface area contributed by atoms with Crippen LogP contribution in [0.4, 0.5) is 17.2 Å². The molecule has 6 nitrogen and oxygen atoms in total. The van der Waals surface area contributed by atoms with Gasteiger partial charge in [0.05, 0.1) is 11.6 Å². The molecular formula is C21H24N4O2. The number of aliphatic hydroxyl groups is 1. The molecule has 0 spiro atoms. The lowest BCUT2D eigenvalue weighted by atomic mass is 10.1. The quantitative estimate of drug-likeness (QED) is 0.744. The van der Waals surface area contributed by atoms with E-state index in [9.17, 15) is 9.90 Å². The number of fused-ring (bicyclic) bond motifs is 1. The Labute approximate surface area is 158 Å². The van der Waals surface area contributed by atoms with Gasteiger partial charge in [-0.2, -0.15) is 0 Å². The first-order valence-corrected chi connectivity index (χ1v) is 9.44. The zero-order chi connectivity index (χ0) is 18.8. The summed E-state index contributed by atoms with van der Waals surface area (Å²) in [6, 6.07) is 13.5. The Bertz CT molecular complexity index is 989. The standard InChI is InChI=1S/C21H24N4O2/c1-2-25-19-13-20(22-14-15(19)3-8-21(25)27)23-16-4-6-17(7-5-16)24-11-9-18(26)10-12-24/h3-8,13-14,18,26H,2,9-12H2,1H3,(H,22,23). The van der Waals surface area contributed by atoms with Crippen LogP contribution in [0.15, 0.2) is 53.5 Å². The molecule has 1 aliphatic rings. The maximum Gasteiger partial charge on any atom is 0.251 e. The summed E-state index contributed by atoms with van der Waals surface area (Å²) in [5.41, 5.74) is 2.99. The maximum atomic E-state index is 12.0. The number of hydrogen-bond donors (Lipinski definition) is 2. The van der Waals surface area contributed by atoms with Crippen LogP contribution in [-0.4, -0.2) is 33.9 Å². The first-order chi connectivity index (χ1) is 13.1. The molecule has 0 atom stereocenters. The van der Waals surface area contributed by atoms with Gasteiger partial charge in [0.1, 0.15) is 5.82 Å². The van der Waals surface area contributed by atoms with E-state index >= 15 is 0 Å². The second-order valence-electron chi connectivity index (χ2n) is 6.93. The van der Waals surface area contributed by atoms with E-state index in [-0.39, 0.29) is 11.7 Å². The Hall–Kier alpha value is -2.86. The van der Waals surface area contributed by atoms with Gasteiger partial charge < -0.3 is 19.9 Å². The van der Waals surface area contributed by atoms with Crippen molar-refractivity contribution >= 4 is 28.1 Å². The monoisotopic (exact) mass is 364 g/mol. The average molecular weight is 364 g/mol. The van der Waals surface area contributed by atoms with Crippen molar-refractivity contribution < 1.29 is 5.11 Å². The Kier molecular flexibility index (Phi) is 4.81. The number of pyridine rings is 2. The van der Waals surface area contributed by atoms with Gasteiger partial charge in [0.15, 0.2) is 0 Å². The Balaban J connectivity index is 1.54. The average Bonchev–Trinajstić information content (AvgIpc) is 2.69. The second kappa shape index (κ2) is 7.40. The second-order valence-corrected chi connectivity index (χ2v) is 6.93. The molecule has 27 heavy (non-hydrogen) atoms. The van der Waals surface area contributed by atoms with Crippen LogP contribution in [0.1, 0.15) is 19.8 Å². The van der Waals surface area contributed by atoms with Crippen molar-refractivity contribution in [3.8, 4) is 0 Å². The lowest BCUT2D eigenvalue weighted by Crippen LogP contribution is -2.35. The molecule has 3 aromatic rings. The highest BCUT2D eigenvalue weighted by Gasteiger charge is 2.17. The van der Waals surface area contributed by atoms with E-state index in [1.54, 1.807) is 16.8 Å². The van der Waals surface area contributed by atoms with Crippen LogP contribution in [-0.2, 0) is 6.54 Å². The Morgan fingerprint density at radius 2 is 1.89 bits per heavy atom. The van der Waals surface area contributed by atoms with Crippen LogP contribution in [0, 0.1) is 0 Å². The molecule has 1 fully saturated rings. The van der Waals surface area contributed by atoms with Crippen LogP contribution in [0.25, 0.3) is 10.9 Å². The molecule has 0 amide bonds. The fourth-order valence-corrected chi connectivity index (χ4v) is 3.61. The number of aryl methyl sites for hydroxylation is 1. The number of nitrogens with one attached hydrogen (secondary N) is 1. The van der Waals surface area contributed by atoms with Crippen molar-refractivity contribution in [2.75, 3.05) is 23.3 Å². The van der Waals surface area contributed by atoms with E-state index in [2.05, 4.69) is 27.3 Å². The summed E-state index contributed by atoms with van der Waals surface area (Å²) in [6.45, 7) is 4.36. The molecule has 2 N–H and O–H groups in total. The number of aromatic nitrogens is 2. The fraction of sp³-hybridized carbons (Fsp3) is 0.333. The largest absolute Gasteiger partial charge is 0.393 e. The fourth-order valence-electron chi connectivity index (χ4n) is 3.61. The minimum Gasteiger partial charge on any atom is -0.393 e. The van der Waals surface area contributed by atoms with E-state index < -0.39 is 0 Å². The summed E-state index contributed by atoms with van der Waals surface area (Å²) in [5, 5.41) is 13.9. The van der Waals surface area contributed by atoms with Crippen molar-refractivity contribution in [1.82, 2.24) is 9.55 Å². The van der Waals surface area contributed by atoms with Gasteiger partial charge in [-0.25, -0.2) is 4.98 Å². The highest BCUT2D eigenvalue weighted by atomic mass is 16.3. The summed E-state index contributed by atoms with van der Waals surface area (Å²) in [5.74, 6) is 0.712. The minimum atomic E-state index is -0.165. The Morgan fingerprint density at radius 1 is 1.15 bits per heavy atom. The molecule has 3 heterocycles. The summed E-state index contributed by atoms with van der Waals surface area (Å²) in [4.78, 5) is 18.8. The summed E-state index contributed by atoms with van der Waals surface area (Å²) in [6.07, 6.45) is 3.26. The van der Waals surface area contributed by atoms with E-state index in [4.69, 9.17) is 0 Å². The number of aliphatic hydroxyl groups excluding tert-OH is 1. The molecule has 1 aliphatic heterocycles. The van der Waals surface area contributed by atoms with E-state index in [0.717, 1.165) is 42.5 Å². The third kappa shape index (κ3) is 3.66. The van der Waals surface area contributed by atoms with Crippen LogP contribution in [0.2, 0.25) is 0 Å². The summed E-state index contributed by atoms with van der Waals surface area (Å²) < 4.78 is 1.75. The molecule has 0 radical (unpaired) electrons. The molecule has 1 aromatic carbocycles. The van der Waals surface area contributed by atoms with Crippen molar-refractivity contribution in [3.63, 3.8) is 0 Å². The third-order valence-electron chi connectivity index (χ3n) is 5.16. The maximum absolute atomic E-state index is 12.0. The lowest BCUT2D eigenvalue weighted by Gasteiger charge is -2.31. The molecule has 1 saturated heterocycles. The molecule has 0 saturated carbocycles. The van der Waals surface area contributed by atoms with Crippen molar-refractivity contribution in [2.24, 2.45) is 0 Å². The van der Waals surface area contributed by atoms with Gasteiger partial charge in [-0.05, 0) is 50.1 Å². The van der Waals surface area contributed by atoms with Crippen LogP contribution < -0.4 is 15.8 Å². The van der Waals surface area contributed by atoms with Gasteiger partial charge in [0.25, 0.3) is 5.56 Å². The molecule has 0 aliphatic carbocycles. The van der Waals surface area contributed by atoms with Crippen molar-refractivity contribution in [2.45, 2.75) is 32.4 Å². The first kappa shape index (κ1) is 17.5. The van der Waals surface area contributed by atoms with E-state index in [0.29, 0.717) is 12.4 Å². The van der Waals surface area contributed by atoms with Gasteiger partial charge in [-0.1, -0.05) is 0 Å². The minimum absolute atomic E-state index is 0.00171. The predicted molar refractivity (Wildman–Crippen MR) is 109 cm³/mol. The highest BCUT2D eigenvalue weighted by Crippen LogP contribution is 2.24. The zero-order valence-electron chi connectivity index (χ0n) is 15.4. The molecule has 140 valence electrons. The number of rotatable bonds is 4. The normalized spacial score (nSPS) is 15.3. The number of hydrogen-bond acceptors (Lipinski definition) is 5. The summed E-state index contributed by atoms with van der Waals surface area (Å²) in [7, 11) is 0. The topological polar surface area (TPSA) is 70.4 Å². The number of piperidine rings is 1. The molecular weight excluding hydrogens is 340 g/mol. The summed E-state index contributed by atoms with van der Waals surface area (Å²) >= 11 is 0. The highest BCUT2D eigenvalue weighted by molar-refractivity contribution is 5.81. The lowest BCUT2D eigenvalue weighted by molar-refractivity contribution is 0.145. The molecule has 2 aromatic heterocycles.